The van der Waals surface area contributed by atoms with E-state index in [1.54, 1.807) is 4.90 Å². The highest BCUT2D eigenvalue weighted by Gasteiger charge is 2.36. The Bertz CT molecular complexity index is 260. The molecule has 1 amide bonds. The molecule has 0 aliphatic carbocycles. The molecule has 1 aliphatic heterocycles. The van der Waals surface area contributed by atoms with E-state index < -0.39 is 11.7 Å². The smallest absolute Gasteiger partial charge is 0.410 e. The van der Waals surface area contributed by atoms with Crippen molar-refractivity contribution in [1.29, 1.82) is 0 Å². The zero-order valence-electron chi connectivity index (χ0n) is 11.4. The third kappa shape index (κ3) is 4.54. The van der Waals surface area contributed by atoms with E-state index in [-0.39, 0.29) is 12.1 Å². The summed E-state index contributed by atoms with van der Waals surface area (Å²) in [7, 11) is 0. The van der Waals surface area contributed by atoms with Gasteiger partial charge in [-0.1, -0.05) is 19.8 Å². The number of carbonyl (C=O) groups excluding carboxylic acids is 1. The molecule has 0 saturated carbocycles. The molecule has 0 unspecified atom stereocenters. The molecule has 0 aromatic heterocycles. The Morgan fingerprint density at radius 2 is 2.12 bits per heavy atom. The third-order valence-corrected chi connectivity index (χ3v) is 2.91. The molecule has 0 bridgehead atoms. The maximum absolute atomic E-state index is 12.0. The van der Waals surface area contributed by atoms with Crippen molar-refractivity contribution in [3.63, 3.8) is 0 Å². The Hall–Kier alpha value is -0.770. The number of hydrogen-bond acceptors (Lipinski definition) is 3. The van der Waals surface area contributed by atoms with E-state index in [9.17, 15) is 9.90 Å². The van der Waals surface area contributed by atoms with Gasteiger partial charge in [-0.05, 0) is 33.6 Å². The van der Waals surface area contributed by atoms with Crippen LogP contribution in [0.5, 0.6) is 0 Å². The van der Waals surface area contributed by atoms with Crippen LogP contribution < -0.4 is 0 Å². The molecule has 1 saturated heterocycles. The average Bonchev–Trinajstić information content (AvgIpc) is 2.54. The Kier molecular flexibility index (Phi) is 4.80. The molecule has 1 heterocycles. The molecule has 2 atom stereocenters. The molecule has 1 rings (SSSR count). The molecule has 0 aromatic rings. The van der Waals surface area contributed by atoms with Gasteiger partial charge in [-0.15, -0.1) is 0 Å². The Morgan fingerprint density at radius 1 is 1.47 bits per heavy atom. The predicted molar refractivity (Wildman–Crippen MR) is 66.9 cm³/mol. The van der Waals surface area contributed by atoms with Crippen molar-refractivity contribution in [1.82, 2.24) is 4.90 Å². The monoisotopic (exact) mass is 243 g/mol. The highest BCUT2D eigenvalue weighted by Crippen LogP contribution is 2.24. The number of aliphatic hydroxyl groups is 1. The van der Waals surface area contributed by atoms with E-state index in [0.29, 0.717) is 13.0 Å². The van der Waals surface area contributed by atoms with Crippen LogP contribution in [0.15, 0.2) is 0 Å². The number of amides is 1. The van der Waals surface area contributed by atoms with Gasteiger partial charge in [0.25, 0.3) is 0 Å². The van der Waals surface area contributed by atoms with Gasteiger partial charge in [0.2, 0.25) is 0 Å². The first kappa shape index (κ1) is 14.3. The van der Waals surface area contributed by atoms with Crippen LogP contribution >= 0.6 is 0 Å². The van der Waals surface area contributed by atoms with Gasteiger partial charge in [-0.25, -0.2) is 4.79 Å². The maximum atomic E-state index is 12.0. The summed E-state index contributed by atoms with van der Waals surface area (Å²) in [6.07, 6.45) is 3.12. The Balaban J connectivity index is 2.57. The second-order valence-corrected chi connectivity index (χ2v) is 5.82. The Morgan fingerprint density at radius 3 is 2.65 bits per heavy atom. The van der Waals surface area contributed by atoms with Crippen LogP contribution in [-0.4, -0.2) is 40.4 Å². The third-order valence-electron chi connectivity index (χ3n) is 2.91. The first-order valence-corrected chi connectivity index (χ1v) is 6.51. The lowest BCUT2D eigenvalue weighted by Gasteiger charge is -2.28. The van der Waals surface area contributed by atoms with E-state index in [1.807, 2.05) is 20.8 Å². The topological polar surface area (TPSA) is 49.8 Å². The van der Waals surface area contributed by atoms with Crippen LogP contribution in [0.1, 0.15) is 53.4 Å². The van der Waals surface area contributed by atoms with Gasteiger partial charge in [0, 0.05) is 6.04 Å². The number of hydrogen-bond donors (Lipinski definition) is 1. The lowest BCUT2D eigenvalue weighted by molar-refractivity contribution is 0.0201. The minimum Gasteiger partial charge on any atom is -0.444 e. The van der Waals surface area contributed by atoms with Gasteiger partial charge in [-0.2, -0.15) is 0 Å². The van der Waals surface area contributed by atoms with Gasteiger partial charge in [0.15, 0.2) is 0 Å². The van der Waals surface area contributed by atoms with Crippen molar-refractivity contribution < 1.29 is 14.6 Å². The second kappa shape index (κ2) is 5.71. The molecule has 1 fully saturated rings. The van der Waals surface area contributed by atoms with Gasteiger partial charge in [-0.3, -0.25) is 0 Å². The van der Waals surface area contributed by atoms with E-state index in [1.165, 1.54) is 0 Å². The number of unbranched alkanes of at least 4 members (excludes halogenated alkanes) is 1. The van der Waals surface area contributed by atoms with Crippen LogP contribution in [-0.2, 0) is 4.74 Å². The lowest BCUT2D eigenvalue weighted by Crippen LogP contribution is -2.40. The molecule has 1 N–H and O–H groups in total. The van der Waals surface area contributed by atoms with E-state index >= 15 is 0 Å². The molecule has 100 valence electrons. The van der Waals surface area contributed by atoms with E-state index in [0.717, 1.165) is 19.3 Å². The number of carbonyl (C=O) groups is 1. The summed E-state index contributed by atoms with van der Waals surface area (Å²) in [6.45, 7) is 8.11. The molecule has 0 aromatic carbocycles. The summed E-state index contributed by atoms with van der Waals surface area (Å²) in [5, 5.41) is 9.67. The number of likely N-dealkylation sites (tertiary alicyclic amines) is 1. The van der Waals surface area contributed by atoms with Gasteiger partial charge in [0.1, 0.15) is 5.60 Å². The van der Waals surface area contributed by atoms with Crippen molar-refractivity contribution >= 4 is 6.09 Å². The Labute approximate surface area is 104 Å². The summed E-state index contributed by atoms with van der Waals surface area (Å²) >= 11 is 0. The lowest BCUT2D eigenvalue weighted by atomic mass is 10.1. The molecule has 0 spiro atoms. The standard InChI is InChI=1S/C13H25NO3/c1-5-6-7-10-8-11(15)9-14(10)12(16)17-13(2,3)4/h10-11,15H,5-9H2,1-4H3/t10-,11-/m1/s1. The van der Waals surface area contributed by atoms with Gasteiger partial charge in [0.05, 0.1) is 12.6 Å². The van der Waals surface area contributed by atoms with Crippen molar-refractivity contribution in [2.45, 2.75) is 71.1 Å². The molecule has 4 nitrogen and oxygen atoms in total. The molecular weight excluding hydrogens is 218 g/mol. The van der Waals surface area contributed by atoms with Crippen LogP contribution in [0.4, 0.5) is 4.79 Å². The fourth-order valence-corrected chi connectivity index (χ4v) is 2.15. The summed E-state index contributed by atoms with van der Waals surface area (Å²) in [5.41, 5.74) is -0.472. The van der Waals surface area contributed by atoms with Crippen LogP contribution in [0.25, 0.3) is 0 Å². The highest BCUT2D eigenvalue weighted by molar-refractivity contribution is 5.69. The van der Waals surface area contributed by atoms with Crippen molar-refractivity contribution in [3.8, 4) is 0 Å². The number of nitrogens with zero attached hydrogens (tertiary/aromatic N) is 1. The van der Waals surface area contributed by atoms with Crippen LogP contribution in [0.2, 0.25) is 0 Å². The molecule has 0 radical (unpaired) electrons. The van der Waals surface area contributed by atoms with E-state index in [2.05, 4.69) is 6.92 Å². The SMILES string of the molecule is CCCC[C@@H]1C[C@@H](O)CN1C(=O)OC(C)(C)C. The van der Waals surface area contributed by atoms with Crippen molar-refractivity contribution in [2.24, 2.45) is 0 Å². The fraction of sp³-hybridized carbons (Fsp3) is 0.923. The predicted octanol–water partition coefficient (Wildman–Crippen LogP) is 2.55. The van der Waals surface area contributed by atoms with Crippen LogP contribution in [0, 0.1) is 0 Å². The number of aliphatic hydroxyl groups excluding tert-OH is 1. The first-order chi connectivity index (χ1) is 7.83. The first-order valence-electron chi connectivity index (χ1n) is 6.51. The fourth-order valence-electron chi connectivity index (χ4n) is 2.15. The number of ether oxygens (including phenoxy) is 1. The highest BCUT2D eigenvalue weighted by atomic mass is 16.6. The van der Waals surface area contributed by atoms with Crippen LogP contribution in [0.3, 0.4) is 0 Å². The molecule has 17 heavy (non-hydrogen) atoms. The largest absolute Gasteiger partial charge is 0.444 e. The minimum atomic E-state index is -0.472. The van der Waals surface area contributed by atoms with Crippen molar-refractivity contribution in [3.05, 3.63) is 0 Å². The van der Waals surface area contributed by atoms with Gasteiger partial charge < -0.3 is 14.7 Å². The summed E-state index contributed by atoms with van der Waals surface area (Å²) < 4.78 is 5.36. The second-order valence-electron chi connectivity index (χ2n) is 5.82. The quantitative estimate of drug-likeness (QED) is 0.828. The average molecular weight is 243 g/mol. The van der Waals surface area contributed by atoms with Crippen molar-refractivity contribution in [2.75, 3.05) is 6.54 Å². The van der Waals surface area contributed by atoms with E-state index in [4.69, 9.17) is 4.74 Å². The summed E-state index contributed by atoms with van der Waals surface area (Å²) in [4.78, 5) is 13.7. The molecule has 1 aliphatic rings. The maximum Gasteiger partial charge on any atom is 0.410 e. The van der Waals surface area contributed by atoms with Gasteiger partial charge >= 0.3 is 6.09 Å². The minimum absolute atomic E-state index is 0.139. The number of β-amino-alcohol motifs (C(OH)–C–C–N with tert-alkyl or cyclic N) is 1. The number of rotatable bonds is 3. The molecular formula is C13H25NO3. The summed E-state index contributed by atoms with van der Waals surface area (Å²) in [6, 6.07) is 0.139. The summed E-state index contributed by atoms with van der Waals surface area (Å²) in [5.74, 6) is 0. The normalized spacial score (nSPS) is 25.1. The zero-order valence-corrected chi connectivity index (χ0v) is 11.4. The zero-order chi connectivity index (χ0) is 13.1. The molecule has 4 heteroatoms.